The first kappa shape index (κ1) is 21.7. The van der Waals surface area contributed by atoms with Gasteiger partial charge in [-0.05, 0) is 62.7 Å². The molecule has 0 saturated carbocycles. The van der Waals surface area contributed by atoms with Crippen molar-refractivity contribution in [3.05, 3.63) is 58.6 Å². The van der Waals surface area contributed by atoms with Crippen LogP contribution in [0.5, 0.6) is 5.75 Å². The minimum atomic E-state index is -0.768. The normalized spacial score (nSPS) is 11.6. The van der Waals surface area contributed by atoms with Crippen LogP contribution in [0.3, 0.4) is 0 Å². The highest BCUT2D eigenvalue weighted by atomic mass is 35.5. The Morgan fingerprint density at radius 1 is 1.11 bits per heavy atom. The first-order valence-electron chi connectivity index (χ1n) is 9.00. The Kier molecular flexibility index (Phi) is 8.29. The summed E-state index contributed by atoms with van der Waals surface area (Å²) in [6.07, 6.45) is -0.768. The molecule has 7 heteroatoms. The fourth-order valence-electron chi connectivity index (χ4n) is 2.34. The monoisotopic (exact) mass is 405 g/mol. The summed E-state index contributed by atoms with van der Waals surface area (Å²) in [4.78, 5) is 24.3. The van der Waals surface area contributed by atoms with Crippen molar-refractivity contribution < 1.29 is 23.8 Å². The van der Waals surface area contributed by atoms with Gasteiger partial charge in [-0.2, -0.15) is 0 Å². The van der Waals surface area contributed by atoms with Gasteiger partial charge in [0.05, 0.1) is 6.61 Å². The number of anilines is 1. The SMILES string of the molecule is CCOCCOC(=O)C(C)Oc1ccc(C(=O)Nc2cccc(Cl)c2C)cc1. The second-order valence-corrected chi connectivity index (χ2v) is 6.42. The highest BCUT2D eigenvalue weighted by Gasteiger charge is 2.16. The van der Waals surface area contributed by atoms with E-state index in [-0.39, 0.29) is 12.5 Å². The smallest absolute Gasteiger partial charge is 0.347 e. The van der Waals surface area contributed by atoms with Crippen LogP contribution in [0.25, 0.3) is 0 Å². The number of amides is 1. The Bertz CT molecular complexity index is 807. The molecule has 1 amide bonds. The lowest BCUT2D eigenvalue weighted by molar-refractivity contribution is -0.152. The number of ether oxygens (including phenoxy) is 3. The number of hydrogen-bond donors (Lipinski definition) is 1. The predicted molar refractivity (Wildman–Crippen MR) is 108 cm³/mol. The zero-order valence-electron chi connectivity index (χ0n) is 16.2. The van der Waals surface area contributed by atoms with Crippen molar-refractivity contribution in [2.24, 2.45) is 0 Å². The zero-order valence-corrected chi connectivity index (χ0v) is 16.9. The molecule has 2 rings (SSSR count). The summed E-state index contributed by atoms with van der Waals surface area (Å²) in [6.45, 7) is 6.41. The molecule has 1 N–H and O–H groups in total. The standard InChI is InChI=1S/C21H24ClNO5/c1-4-26-12-13-27-21(25)15(3)28-17-10-8-16(9-11-17)20(24)23-19-7-5-6-18(22)14(19)2/h5-11,15H,4,12-13H2,1-3H3,(H,23,24). The molecule has 0 spiro atoms. The van der Waals surface area contributed by atoms with Crippen molar-refractivity contribution in [1.29, 1.82) is 0 Å². The Labute approximate surface area is 169 Å². The molecular weight excluding hydrogens is 382 g/mol. The van der Waals surface area contributed by atoms with Crippen LogP contribution in [0.2, 0.25) is 5.02 Å². The number of nitrogens with one attached hydrogen (secondary N) is 1. The first-order chi connectivity index (χ1) is 13.4. The molecule has 28 heavy (non-hydrogen) atoms. The van der Waals surface area contributed by atoms with Crippen molar-refractivity contribution in [2.45, 2.75) is 26.9 Å². The van der Waals surface area contributed by atoms with E-state index in [4.69, 9.17) is 25.8 Å². The van der Waals surface area contributed by atoms with E-state index in [2.05, 4.69) is 5.32 Å². The van der Waals surface area contributed by atoms with Gasteiger partial charge in [-0.3, -0.25) is 4.79 Å². The highest BCUT2D eigenvalue weighted by molar-refractivity contribution is 6.31. The molecule has 0 aliphatic carbocycles. The second-order valence-electron chi connectivity index (χ2n) is 6.02. The molecule has 1 unspecified atom stereocenters. The summed E-state index contributed by atoms with van der Waals surface area (Å²) in [5.41, 5.74) is 1.91. The number of benzene rings is 2. The van der Waals surface area contributed by atoms with E-state index in [9.17, 15) is 9.59 Å². The van der Waals surface area contributed by atoms with Gasteiger partial charge in [0, 0.05) is 22.9 Å². The van der Waals surface area contributed by atoms with Gasteiger partial charge >= 0.3 is 5.97 Å². The van der Waals surface area contributed by atoms with Crippen LogP contribution in [0.15, 0.2) is 42.5 Å². The van der Waals surface area contributed by atoms with E-state index < -0.39 is 12.1 Å². The van der Waals surface area contributed by atoms with Crippen LogP contribution in [0.4, 0.5) is 5.69 Å². The third kappa shape index (κ3) is 6.25. The van der Waals surface area contributed by atoms with E-state index in [0.29, 0.717) is 35.2 Å². The fraction of sp³-hybridized carbons (Fsp3) is 0.333. The molecule has 0 bridgehead atoms. The molecule has 1 atom stereocenters. The van der Waals surface area contributed by atoms with Crippen LogP contribution in [-0.4, -0.2) is 37.8 Å². The summed E-state index contributed by atoms with van der Waals surface area (Å²) < 4.78 is 15.7. The van der Waals surface area contributed by atoms with E-state index >= 15 is 0 Å². The largest absolute Gasteiger partial charge is 0.479 e. The quantitative estimate of drug-likeness (QED) is 0.498. The molecule has 0 radical (unpaired) electrons. The topological polar surface area (TPSA) is 73.9 Å². The molecular formula is C21H24ClNO5. The van der Waals surface area contributed by atoms with E-state index in [1.807, 2.05) is 13.8 Å². The van der Waals surface area contributed by atoms with E-state index in [1.165, 1.54) is 0 Å². The maximum atomic E-state index is 12.4. The van der Waals surface area contributed by atoms with Crippen LogP contribution < -0.4 is 10.1 Å². The molecule has 2 aromatic rings. The molecule has 0 heterocycles. The number of esters is 1. The molecule has 0 saturated heterocycles. The van der Waals surface area contributed by atoms with Crippen LogP contribution in [0, 0.1) is 6.92 Å². The maximum Gasteiger partial charge on any atom is 0.347 e. The van der Waals surface area contributed by atoms with E-state index in [0.717, 1.165) is 5.56 Å². The Hall–Kier alpha value is -2.57. The lowest BCUT2D eigenvalue weighted by atomic mass is 10.1. The number of carbonyl (C=O) groups is 2. The maximum absolute atomic E-state index is 12.4. The van der Waals surface area contributed by atoms with Crippen LogP contribution >= 0.6 is 11.6 Å². The van der Waals surface area contributed by atoms with Crippen molar-refractivity contribution >= 4 is 29.2 Å². The number of carbonyl (C=O) groups excluding carboxylic acids is 2. The van der Waals surface area contributed by atoms with Gasteiger partial charge in [0.1, 0.15) is 12.4 Å². The second kappa shape index (κ2) is 10.7. The lowest BCUT2D eigenvalue weighted by Gasteiger charge is -2.14. The summed E-state index contributed by atoms with van der Waals surface area (Å²) in [7, 11) is 0. The van der Waals surface area contributed by atoms with Gasteiger partial charge < -0.3 is 19.5 Å². The third-order valence-electron chi connectivity index (χ3n) is 3.95. The molecule has 2 aromatic carbocycles. The van der Waals surface area contributed by atoms with Gasteiger partial charge in [0.25, 0.3) is 5.91 Å². The summed E-state index contributed by atoms with van der Waals surface area (Å²) in [6, 6.07) is 11.8. The Balaban J connectivity index is 1.91. The van der Waals surface area contributed by atoms with Gasteiger partial charge in [0.15, 0.2) is 6.10 Å². The number of hydrogen-bond acceptors (Lipinski definition) is 5. The average Bonchev–Trinajstić information content (AvgIpc) is 2.69. The first-order valence-corrected chi connectivity index (χ1v) is 9.37. The molecule has 0 aliphatic heterocycles. The molecule has 0 fully saturated rings. The van der Waals surface area contributed by atoms with Gasteiger partial charge in [-0.25, -0.2) is 4.79 Å². The van der Waals surface area contributed by atoms with Gasteiger partial charge in [0.2, 0.25) is 0 Å². The summed E-state index contributed by atoms with van der Waals surface area (Å²) in [5.74, 6) is -0.275. The summed E-state index contributed by atoms with van der Waals surface area (Å²) in [5, 5.41) is 3.42. The number of rotatable bonds is 9. The Morgan fingerprint density at radius 2 is 1.82 bits per heavy atom. The Morgan fingerprint density at radius 3 is 2.50 bits per heavy atom. The lowest BCUT2D eigenvalue weighted by Crippen LogP contribution is -2.27. The van der Waals surface area contributed by atoms with Crippen molar-refractivity contribution in [1.82, 2.24) is 0 Å². The minimum Gasteiger partial charge on any atom is -0.479 e. The van der Waals surface area contributed by atoms with Crippen molar-refractivity contribution in [3.8, 4) is 5.75 Å². The highest BCUT2D eigenvalue weighted by Crippen LogP contribution is 2.24. The van der Waals surface area contributed by atoms with Crippen molar-refractivity contribution in [2.75, 3.05) is 25.1 Å². The fourth-order valence-corrected chi connectivity index (χ4v) is 2.51. The zero-order chi connectivity index (χ0) is 20.5. The average molecular weight is 406 g/mol. The van der Waals surface area contributed by atoms with Crippen LogP contribution in [0.1, 0.15) is 29.8 Å². The number of halogens is 1. The molecule has 6 nitrogen and oxygen atoms in total. The third-order valence-corrected chi connectivity index (χ3v) is 4.36. The van der Waals surface area contributed by atoms with Crippen molar-refractivity contribution in [3.63, 3.8) is 0 Å². The predicted octanol–water partition coefficient (Wildman–Crippen LogP) is 4.25. The molecule has 150 valence electrons. The molecule has 0 aliphatic rings. The van der Waals surface area contributed by atoms with Gasteiger partial charge in [-0.15, -0.1) is 0 Å². The molecule has 0 aromatic heterocycles. The minimum absolute atomic E-state index is 0.183. The van der Waals surface area contributed by atoms with Crippen LogP contribution in [-0.2, 0) is 14.3 Å². The summed E-state index contributed by atoms with van der Waals surface area (Å²) >= 11 is 6.07. The van der Waals surface area contributed by atoms with Gasteiger partial charge in [-0.1, -0.05) is 17.7 Å². The van der Waals surface area contributed by atoms with E-state index in [1.54, 1.807) is 49.4 Å².